The Labute approximate surface area is 145 Å². The molecule has 5 nitrogen and oxygen atoms in total. The van der Waals surface area contributed by atoms with Crippen LogP contribution in [0.1, 0.15) is 10.4 Å². The van der Waals surface area contributed by atoms with Crippen LogP contribution in [-0.4, -0.2) is 22.6 Å². The van der Waals surface area contributed by atoms with E-state index < -0.39 is 11.7 Å². The van der Waals surface area contributed by atoms with Gasteiger partial charge in [-0.2, -0.15) is 0 Å². The van der Waals surface area contributed by atoms with Crippen molar-refractivity contribution in [2.75, 3.05) is 7.11 Å². The first-order valence-electron chi connectivity index (χ1n) is 6.40. The zero-order chi connectivity index (χ0) is 16.7. The lowest BCUT2D eigenvalue weighted by molar-refractivity contribution is 0.0601. The lowest BCUT2D eigenvalue weighted by atomic mass is 10.2. The molecule has 8 heteroatoms. The fourth-order valence-electron chi connectivity index (χ4n) is 2.32. The maximum atomic E-state index is 12.3. The van der Waals surface area contributed by atoms with E-state index in [4.69, 9.17) is 34.8 Å². The average Bonchev–Trinajstić information content (AvgIpc) is 2.83. The minimum Gasteiger partial charge on any atom is -0.465 e. The molecule has 0 saturated carbocycles. The maximum absolute atomic E-state index is 12.3. The van der Waals surface area contributed by atoms with E-state index in [1.807, 2.05) is 0 Å². The molecule has 3 rings (SSSR count). The summed E-state index contributed by atoms with van der Waals surface area (Å²) in [6.45, 7) is 0. The zero-order valence-electron chi connectivity index (χ0n) is 11.7. The van der Waals surface area contributed by atoms with Gasteiger partial charge in [-0.1, -0.05) is 34.8 Å². The van der Waals surface area contributed by atoms with Gasteiger partial charge in [-0.15, -0.1) is 0 Å². The van der Waals surface area contributed by atoms with E-state index in [2.05, 4.69) is 9.72 Å². The van der Waals surface area contributed by atoms with Crippen molar-refractivity contribution in [3.63, 3.8) is 0 Å². The molecule has 0 aliphatic heterocycles. The molecule has 2 aromatic carbocycles. The van der Waals surface area contributed by atoms with Crippen LogP contribution in [0.3, 0.4) is 0 Å². The number of fused-ring (bicyclic) bond motifs is 1. The number of rotatable bonds is 2. The summed E-state index contributed by atoms with van der Waals surface area (Å²) in [6, 6.07) is 7.69. The molecule has 1 heterocycles. The molecule has 3 aromatic rings. The molecular weight excluding hydrogens is 363 g/mol. The molecule has 0 spiro atoms. The minimum atomic E-state index is -0.549. The van der Waals surface area contributed by atoms with Crippen LogP contribution < -0.4 is 5.69 Å². The summed E-state index contributed by atoms with van der Waals surface area (Å²) < 4.78 is 5.99. The largest absolute Gasteiger partial charge is 0.465 e. The van der Waals surface area contributed by atoms with Crippen molar-refractivity contribution in [3.05, 3.63) is 61.4 Å². The molecule has 0 radical (unpaired) electrons. The Hall–Kier alpha value is -1.95. The highest BCUT2D eigenvalue weighted by molar-refractivity contribution is 6.37. The van der Waals surface area contributed by atoms with Crippen LogP contribution in [0.4, 0.5) is 0 Å². The molecule has 0 saturated heterocycles. The molecule has 0 bridgehead atoms. The molecule has 0 atom stereocenters. The van der Waals surface area contributed by atoms with Gasteiger partial charge in [0.25, 0.3) is 0 Å². The Morgan fingerprint density at radius 3 is 2.52 bits per heavy atom. The average molecular weight is 372 g/mol. The van der Waals surface area contributed by atoms with Crippen LogP contribution >= 0.6 is 34.8 Å². The summed E-state index contributed by atoms with van der Waals surface area (Å²) in [7, 11) is 1.27. The number of esters is 1. The summed E-state index contributed by atoms with van der Waals surface area (Å²) in [6.07, 6.45) is 0. The van der Waals surface area contributed by atoms with E-state index in [0.717, 1.165) is 0 Å². The van der Waals surface area contributed by atoms with Gasteiger partial charge in [0.2, 0.25) is 0 Å². The van der Waals surface area contributed by atoms with Gasteiger partial charge in [-0.25, -0.2) is 9.59 Å². The number of hydrogen-bond acceptors (Lipinski definition) is 3. The fourth-order valence-corrected chi connectivity index (χ4v) is 3.12. The SMILES string of the molecule is COC(=O)c1cc(Cl)c2c(c1)[nH]c(=O)n2-c1ccc(Cl)cc1Cl. The Morgan fingerprint density at radius 2 is 1.87 bits per heavy atom. The van der Waals surface area contributed by atoms with Gasteiger partial charge in [0, 0.05) is 5.02 Å². The second-order valence-electron chi connectivity index (χ2n) is 4.71. The van der Waals surface area contributed by atoms with E-state index >= 15 is 0 Å². The predicted molar refractivity (Wildman–Crippen MR) is 90.3 cm³/mol. The third-order valence-electron chi connectivity index (χ3n) is 3.30. The predicted octanol–water partition coefficient (Wildman–Crippen LogP) is 4.07. The molecule has 0 aliphatic carbocycles. The number of nitrogens with one attached hydrogen (secondary N) is 1. The Kier molecular flexibility index (Phi) is 4.10. The lowest BCUT2D eigenvalue weighted by Crippen LogP contribution is -2.15. The van der Waals surface area contributed by atoms with Gasteiger partial charge in [0.1, 0.15) is 0 Å². The number of aromatic nitrogens is 2. The fraction of sp³-hybridized carbons (Fsp3) is 0.0667. The highest BCUT2D eigenvalue weighted by Gasteiger charge is 2.17. The van der Waals surface area contributed by atoms with Crippen LogP contribution in [0.2, 0.25) is 15.1 Å². The topological polar surface area (TPSA) is 64.1 Å². The van der Waals surface area contributed by atoms with Crippen LogP contribution in [0.15, 0.2) is 35.1 Å². The van der Waals surface area contributed by atoms with E-state index in [0.29, 0.717) is 26.8 Å². The Bertz CT molecular complexity index is 992. The molecule has 1 N–H and O–H groups in total. The van der Waals surface area contributed by atoms with Crippen molar-refractivity contribution in [2.45, 2.75) is 0 Å². The van der Waals surface area contributed by atoms with E-state index in [1.165, 1.54) is 29.9 Å². The number of hydrogen-bond donors (Lipinski definition) is 1. The second-order valence-corrected chi connectivity index (χ2v) is 5.96. The number of nitrogens with zero attached hydrogens (tertiary/aromatic N) is 1. The highest BCUT2D eigenvalue weighted by Crippen LogP contribution is 2.30. The maximum Gasteiger partial charge on any atom is 0.337 e. The molecule has 0 amide bonds. The molecular formula is C15H9Cl3N2O3. The number of methoxy groups -OCH3 is 1. The summed E-state index contributed by atoms with van der Waals surface area (Å²) in [5.41, 5.74) is 1.04. The van der Waals surface area contributed by atoms with Crippen LogP contribution in [0.5, 0.6) is 0 Å². The van der Waals surface area contributed by atoms with E-state index in [9.17, 15) is 9.59 Å². The van der Waals surface area contributed by atoms with E-state index in [1.54, 1.807) is 12.1 Å². The number of carbonyl (C=O) groups excluding carboxylic acids is 1. The first-order chi connectivity index (χ1) is 10.9. The second kappa shape index (κ2) is 5.92. The summed E-state index contributed by atoms with van der Waals surface area (Å²) in [5, 5.41) is 0.964. The number of H-pyrrole nitrogens is 1. The molecule has 23 heavy (non-hydrogen) atoms. The van der Waals surface area contributed by atoms with Crippen molar-refractivity contribution in [3.8, 4) is 5.69 Å². The third kappa shape index (κ3) is 2.72. The standard InChI is InChI=1S/C15H9Cl3N2O3/c1-23-14(21)7-4-10(18)13-11(5-7)19-15(22)20(13)12-3-2-8(16)6-9(12)17/h2-6H,1H3,(H,19,22). The zero-order valence-corrected chi connectivity index (χ0v) is 14.0. The van der Waals surface area contributed by atoms with Crippen molar-refractivity contribution in [1.82, 2.24) is 9.55 Å². The summed E-state index contributed by atoms with van der Waals surface area (Å²) in [4.78, 5) is 26.6. The Morgan fingerprint density at radius 1 is 1.13 bits per heavy atom. The molecule has 118 valence electrons. The summed E-state index contributed by atoms with van der Waals surface area (Å²) in [5.74, 6) is -0.549. The minimum absolute atomic E-state index is 0.215. The van der Waals surface area contributed by atoms with Crippen LogP contribution in [0.25, 0.3) is 16.7 Å². The van der Waals surface area contributed by atoms with Crippen molar-refractivity contribution >= 4 is 51.8 Å². The van der Waals surface area contributed by atoms with Gasteiger partial charge in [-0.05, 0) is 30.3 Å². The number of halogens is 3. The molecule has 0 unspecified atom stereocenters. The normalized spacial score (nSPS) is 11.0. The van der Waals surface area contributed by atoms with Gasteiger partial charge < -0.3 is 9.72 Å². The number of benzene rings is 2. The van der Waals surface area contributed by atoms with Gasteiger partial charge in [0.05, 0.1) is 39.4 Å². The molecule has 0 aliphatic rings. The first kappa shape index (κ1) is 15.9. The molecule has 1 aromatic heterocycles. The smallest absolute Gasteiger partial charge is 0.337 e. The van der Waals surface area contributed by atoms with Crippen molar-refractivity contribution in [1.29, 1.82) is 0 Å². The van der Waals surface area contributed by atoms with Crippen LogP contribution in [0, 0.1) is 0 Å². The van der Waals surface area contributed by atoms with Gasteiger partial charge in [0.15, 0.2) is 0 Å². The number of ether oxygens (including phenoxy) is 1. The first-order valence-corrected chi connectivity index (χ1v) is 7.54. The number of aromatic amines is 1. The van der Waals surface area contributed by atoms with E-state index in [-0.39, 0.29) is 10.6 Å². The third-order valence-corrected chi connectivity index (χ3v) is 4.13. The molecule has 0 fully saturated rings. The van der Waals surface area contributed by atoms with Gasteiger partial charge in [-0.3, -0.25) is 4.57 Å². The number of imidazole rings is 1. The van der Waals surface area contributed by atoms with Crippen molar-refractivity contribution in [2.24, 2.45) is 0 Å². The van der Waals surface area contributed by atoms with Crippen LogP contribution in [-0.2, 0) is 4.74 Å². The number of carbonyl (C=O) groups is 1. The highest BCUT2D eigenvalue weighted by atomic mass is 35.5. The quantitative estimate of drug-likeness (QED) is 0.691. The van der Waals surface area contributed by atoms with Gasteiger partial charge >= 0.3 is 11.7 Å². The lowest BCUT2D eigenvalue weighted by Gasteiger charge is -2.08. The monoisotopic (exact) mass is 370 g/mol. The van der Waals surface area contributed by atoms with Crippen molar-refractivity contribution < 1.29 is 9.53 Å². The Balaban J connectivity index is 2.33. The summed E-state index contributed by atoms with van der Waals surface area (Å²) >= 11 is 18.3.